The van der Waals surface area contributed by atoms with Crippen LogP contribution in [0.25, 0.3) is 0 Å². The second-order valence-corrected chi connectivity index (χ2v) is 3.16. The van der Waals surface area contributed by atoms with Crippen molar-refractivity contribution in [2.45, 2.75) is 18.7 Å². The topological polar surface area (TPSA) is 61.3 Å². The van der Waals surface area contributed by atoms with Gasteiger partial charge < -0.3 is 4.74 Å². The van der Waals surface area contributed by atoms with Gasteiger partial charge in [-0.3, -0.25) is 11.5 Å². The first-order chi connectivity index (χ1) is 5.67. The summed E-state index contributed by atoms with van der Waals surface area (Å²) in [5, 5.41) is 0. The van der Waals surface area contributed by atoms with Gasteiger partial charge in [0.1, 0.15) is 5.75 Å². The lowest BCUT2D eigenvalue weighted by molar-refractivity contribution is 0.0593. The lowest BCUT2D eigenvalue weighted by Crippen LogP contribution is -2.56. The van der Waals surface area contributed by atoms with E-state index in [9.17, 15) is 0 Å². The number of ether oxygens (including phenoxy) is 1. The molecule has 0 saturated carbocycles. The van der Waals surface area contributed by atoms with Gasteiger partial charge in [0.05, 0.1) is 0 Å². The van der Waals surface area contributed by atoms with Crippen LogP contribution < -0.4 is 16.2 Å². The average molecular weight is 164 g/mol. The predicted octanol–water partition coefficient (Wildman–Crippen LogP) is 0.583. The van der Waals surface area contributed by atoms with Crippen molar-refractivity contribution in [2.24, 2.45) is 11.5 Å². The van der Waals surface area contributed by atoms with Gasteiger partial charge >= 0.3 is 0 Å². The standard InChI is InChI=1S/C9H12N2O/c10-9(11)6-5-7-3-1-2-4-8(7)12-9/h1-4H,5-6,10-11H2. The molecule has 1 heterocycles. The summed E-state index contributed by atoms with van der Waals surface area (Å²) >= 11 is 0. The molecule has 64 valence electrons. The maximum Gasteiger partial charge on any atom is 0.213 e. The van der Waals surface area contributed by atoms with Gasteiger partial charge in [0.25, 0.3) is 0 Å². The highest BCUT2D eigenvalue weighted by Crippen LogP contribution is 2.27. The molecule has 12 heavy (non-hydrogen) atoms. The van der Waals surface area contributed by atoms with Crippen LogP contribution in [-0.2, 0) is 6.42 Å². The van der Waals surface area contributed by atoms with Crippen molar-refractivity contribution in [3.8, 4) is 5.75 Å². The van der Waals surface area contributed by atoms with E-state index >= 15 is 0 Å². The van der Waals surface area contributed by atoms with E-state index in [-0.39, 0.29) is 0 Å². The molecule has 4 N–H and O–H groups in total. The van der Waals surface area contributed by atoms with Crippen LogP contribution in [0, 0.1) is 0 Å². The fraction of sp³-hybridized carbons (Fsp3) is 0.333. The monoisotopic (exact) mass is 164 g/mol. The van der Waals surface area contributed by atoms with Crippen molar-refractivity contribution in [1.82, 2.24) is 0 Å². The third-order valence-corrected chi connectivity index (χ3v) is 2.06. The van der Waals surface area contributed by atoms with Gasteiger partial charge in [-0.15, -0.1) is 0 Å². The molecule has 0 bridgehead atoms. The van der Waals surface area contributed by atoms with Crippen LogP contribution in [0.5, 0.6) is 5.75 Å². The maximum absolute atomic E-state index is 5.65. The van der Waals surface area contributed by atoms with Crippen molar-refractivity contribution in [3.63, 3.8) is 0 Å². The Hall–Kier alpha value is -1.06. The lowest BCUT2D eigenvalue weighted by Gasteiger charge is -2.31. The third-order valence-electron chi connectivity index (χ3n) is 2.06. The van der Waals surface area contributed by atoms with Crippen LogP contribution in [0.1, 0.15) is 12.0 Å². The summed E-state index contributed by atoms with van der Waals surface area (Å²) in [6.07, 6.45) is 1.56. The van der Waals surface area contributed by atoms with Crippen molar-refractivity contribution < 1.29 is 4.74 Å². The second kappa shape index (κ2) is 2.47. The molecule has 0 amide bonds. The minimum atomic E-state index is -0.978. The number of para-hydroxylation sites is 1. The number of nitrogens with two attached hydrogens (primary N) is 2. The summed E-state index contributed by atoms with van der Waals surface area (Å²) in [5.74, 6) is -0.164. The van der Waals surface area contributed by atoms with E-state index in [4.69, 9.17) is 16.2 Å². The van der Waals surface area contributed by atoms with Gasteiger partial charge in [-0.2, -0.15) is 0 Å². The quantitative estimate of drug-likeness (QED) is 0.551. The van der Waals surface area contributed by atoms with E-state index in [2.05, 4.69) is 0 Å². The fourth-order valence-corrected chi connectivity index (χ4v) is 1.40. The molecule has 1 aromatic carbocycles. The number of benzene rings is 1. The zero-order chi connectivity index (χ0) is 8.60. The van der Waals surface area contributed by atoms with Gasteiger partial charge in [-0.05, 0) is 18.1 Å². The summed E-state index contributed by atoms with van der Waals surface area (Å²) in [4.78, 5) is 0. The van der Waals surface area contributed by atoms with Crippen molar-refractivity contribution in [2.75, 3.05) is 0 Å². The molecule has 3 nitrogen and oxygen atoms in total. The molecule has 0 aliphatic carbocycles. The zero-order valence-corrected chi connectivity index (χ0v) is 6.79. The molecule has 1 aromatic rings. The molecule has 3 heteroatoms. The first-order valence-electron chi connectivity index (χ1n) is 4.02. The highest BCUT2D eigenvalue weighted by molar-refractivity contribution is 5.35. The molecular weight excluding hydrogens is 152 g/mol. The van der Waals surface area contributed by atoms with Crippen LogP contribution in [-0.4, -0.2) is 5.85 Å². The summed E-state index contributed by atoms with van der Waals surface area (Å²) in [6, 6.07) is 7.83. The van der Waals surface area contributed by atoms with E-state index in [1.165, 1.54) is 5.56 Å². The highest BCUT2D eigenvalue weighted by Gasteiger charge is 2.26. The molecular formula is C9H12N2O. The van der Waals surface area contributed by atoms with E-state index in [0.29, 0.717) is 6.42 Å². The number of hydrogen-bond acceptors (Lipinski definition) is 3. The molecule has 0 spiro atoms. The minimum absolute atomic E-state index is 0.671. The molecule has 0 radical (unpaired) electrons. The molecule has 1 aliphatic rings. The summed E-state index contributed by atoms with van der Waals surface area (Å²) < 4.78 is 5.37. The molecule has 0 aromatic heterocycles. The van der Waals surface area contributed by atoms with Gasteiger partial charge in [0, 0.05) is 6.42 Å². The third kappa shape index (κ3) is 1.29. The Bertz CT molecular complexity index is 296. The molecule has 0 saturated heterocycles. The van der Waals surface area contributed by atoms with Crippen LogP contribution in [0.2, 0.25) is 0 Å². The largest absolute Gasteiger partial charge is 0.460 e. The van der Waals surface area contributed by atoms with Crippen LogP contribution >= 0.6 is 0 Å². The predicted molar refractivity (Wildman–Crippen MR) is 46.5 cm³/mol. The highest BCUT2D eigenvalue weighted by atomic mass is 16.5. The van der Waals surface area contributed by atoms with Crippen LogP contribution in [0.3, 0.4) is 0 Å². The van der Waals surface area contributed by atoms with Crippen molar-refractivity contribution in [1.29, 1.82) is 0 Å². The molecule has 0 atom stereocenters. The normalized spacial score (nSPS) is 19.5. The SMILES string of the molecule is NC1(N)CCc2ccccc2O1. The second-order valence-electron chi connectivity index (χ2n) is 3.16. The Morgan fingerprint density at radius 1 is 1.25 bits per heavy atom. The lowest BCUT2D eigenvalue weighted by atomic mass is 10.0. The maximum atomic E-state index is 5.65. The number of aryl methyl sites for hydroxylation is 1. The Labute approximate surface area is 71.3 Å². The van der Waals surface area contributed by atoms with Crippen molar-refractivity contribution >= 4 is 0 Å². The van der Waals surface area contributed by atoms with Gasteiger partial charge in [-0.1, -0.05) is 18.2 Å². The molecule has 0 fully saturated rings. The smallest absolute Gasteiger partial charge is 0.213 e. The number of hydrogen-bond donors (Lipinski definition) is 2. The molecule has 2 rings (SSSR count). The zero-order valence-electron chi connectivity index (χ0n) is 6.79. The summed E-state index contributed by atoms with van der Waals surface area (Å²) in [5.41, 5.74) is 12.5. The molecule has 0 unspecified atom stereocenters. The first kappa shape index (κ1) is 7.58. The minimum Gasteiger partial charge on any atom is -0.460 e. The number of rotatable bonds is 0. The van der Waals surface area contributed by atoms with Gasteiger partial charge in [0.15, 0.2) is 0 Å². The first-order valence-corrected chi connectivity index (χ1v) is 4.02. The van der Waals surface area contributed by atoms with E-state index < -0.39 is 5.85 Å². The Morgan fingerprint density at radius 3 is 2.83 bits per heavy atom. The van der Waals surface area contributed by atoms with E-state index in [1.807, 2.05) is 24.3 Å². The Kier molecular flexibility index (Phi) is 1.56. The number of fused-ring (bicyclic) bond motifs is 1. The Balaban J connectivity index is 2.35. The van der Waals surface area contributed by atoms with Gasteiger partial charge in [-0.25, -0.2) is 0 Å². The average Bonchev–Trinajstić information content (AvgIpc) is 2.02. The van der Waals surface area contributed by atoms with E-state index in [0.717, 1.165) is 12.2 Å². The van der Waals surface area contributed by atoms with Gasteiger partial charge in [0.2, 0.25) is 5.85 Å². The summed E-state index contributed by atoms with van der Waals surface area (Å²) in [6.45, 7) is 0. The fourth-order valence-electron chi connectivity index (χ4n) is 1.40. The van der Waals surface area contributed by atoms with Crippen LogP contribution in [0.15, 0.2) is 24.3 Å². The van der Waals surface area contributed by atoms with Crippen LogP contribution in [0.4, 0.5) is 0 Å². The molecule has 1 aliphatic heterocycles. The van der Waals surface area contributed by atoms with E-state index in [1.54, 1.807) is 0 Å². The van der Waals surface area contributed by atoms with Crippen molar-refractivity contribution in [3.05, 3.63) is 29.8 Å². The Morgan fingerprint density at radius 2 is 2.00 bits per heavy atom. The summed E-state index contributed by atoms with van der Waals surface area (Å²) in [7, 11) is 0.